The van der Waals surface area contributed by atoms with E-state index in [-0.39, 0.29) is 35.0 Å². The first-order chi connectivity index (χ1) is 14.9. The number of carbonyl (C=O) groups is 3. The van der Waals surface area contributed by atoms with Crippen LogP contribution in [-0.4, -0.2) is 29.1 Å². The predicted molar refractivity (Wildman–Crippen MR) is 109 cm³/mol. The fourth-order valence-corrected chi connectivity index (χ4v) is 3.51. The number of aromatic nitrogens is 1. The molecule has 0 fully saturated rings. The standard InChI is InChI=1S/C21H14N4O6/c22-18-17-13(20(28)24-21(17)29)8-16(26)25(18)12-3-1-2-10(6-12)19(27)23-11-4-5-14-15(7-11)31-9-30-14/h1-8H,9,22H2,(H,23,27)(H,24,28,29). The van der Waals surface area contributed by atoms with Gasteiger partial charge in [0.1, 0.15) is 5.82 Å². The average molecular weight is 418 g/mol. The van der Waals surface area contributed by atoms with E-state index < -0.39 is 23.3 Å². The summed E-state index contributed by atoms with van der Waals surface area (Å²) in [4.78, 5) is 49.2. The molecule has 3 amide bonds. The molecule has 0 atom stereocenters. The zero-order valence-corrected chi connectivity index (χ0v) is 15.8. The molecule has 10 nitrogen and oxygen atoms in total. The van der Waals surface area contributed by atoms with E-state index in [2.05, 4.69) is 10.6 Å². The normalized spacial score (nSPS) is 13.7. The van der Waals surface area contributed by atoms with Gasteiger partial charge in [-0.1, -0.05) is 6.07 Å². The van der Waals surface area contributed by atoms with Gasteiger partial charge in [0, 0.05) is 23.4 Å². The van der Waals surface area contributed by atoms with Crippen LogP contribution in [-0.2, 0) is 0 Å². The lowest BCUT2D eigenvalue weighted by atomic mass is 10.1. The van der Waals surface area contributed by atoms with Crippen molar-refractivity contribution in [3.8, 4) is 17.2 Å². The Hall–Kier alpha value is -4.60. The molecule has 3 aromatic rings. The molecular formula is C21H14N4O6. The molecule has 3 heterocycles. The average Bonchev–Trinajstić information content (AvgIpc) is 3.32. The molecule has 2 aromatic carbocycles. The molecule has 154 valence electrons. The topological polar surface area (TPSA) is 142 Å². The van der Waals surface area contributed by atoms with Gasteiger partial charge in [0.05, 0.1) is 16.8 Å². The SMILES string of the molecule is Nc1c2c(cc(=O)n1-c1cccc(C(=O)Nc3ccc4c(c3)OCO4)c1)C(=O)NC2=O. The van der Waals surface area contributed by atoms with Crippen molar-refractivity contribution in [1.29, 1.82) is 0 Å². The summed E-state index contributed by atoms with van der Waals surface area (Å²) in [7, 11) is 0. The van der Waals surface area contributed by atoms with Crippen LogP contribution in [0.1, 0.15) is 31.1 Å². The van der Waals surface area contributed by atoms with Crippen molar-refractivity contribution in [3.63, 3.8) is 0 Å². The number of nitrogens with two attached hydrogens (primary N) is 1. The number of ether oxygens (including phenoxy) is 2. The van der Waals surface area contributed by atoms with Gasteiger partial charge in [-0.25, -0.2) is 0 Å². The number of nitrogens with one attached hydrogen (secondary N) is 2. The predicted octanol–water partition coefficient (Wildman–Crippen LogP) is 1.28. The van der Waals surface area contributed by atoms with Crippen molar-refractivity contribution in [3.05, 3.63) is 75.6 Å². The molecule has 2 aliphatic rings. The van der Waals surface area contributed by atoms with Gasteiger partial charge in [-0.05, 0) is 30.3 Å². The van der Waals surface area contributed by atoms with Crippen LogP contribution in [0, 0.1) is 0 Å². The maximum Gasteiger partial charge on any atom is 0.262 e. The minimum absolute atomic E-state index is 0.0690. The van der Waals surface area contributed by atoms with E-state index >= 15 is 0 Å². The minimum Gasteiger partial charge on any atom is -0.454 e. The van der Waals surface area contributed by atoms with Gasteiger partial charge in [-0.3, -0.25) is 29.1 Å². The lowest BCUT2D eigenvalue weighted by Crippen LogP contribution is -2.24. The second-order valence-corrected chi connectivity index (χ2v) is 6.85. The number of amides is 3. The molecule has 10 heteroatoms. The number of rotatable bonds is 3. The summed E-state index contributed by atoms with van der Waals surface area (Å²) in [5, 5.41) is 4.86. The molecule has 4 N–H and O–H groups in total. The highest BCUT2D eigenvalue weighted by atomic mass is 16.7. The number of carbonyl (C=O) groups excluding carboxylic acids is 3. The van der Waals surface area contributed by atoms with Gasteiger partial charge in [0.2, 0.25) is 6.79 Å². The molecule has 0 bridgehead atoms. The highest BCUT2D eigenvalue weighted by Crippen LogP contribution is 2.34. The second-order valence-electron chi connectivity index (χ2n) is 6.85. The maximum absolute atomic E-state index is 12.7. The van der Waals surface area contributed by atoms with Crippen LogP contribution in [0.5, 0.6) is 11.5 Å². The van der Waals surface area contributed by atoms with Crippen molar-refractivity contribution >= 4 is 29.2 Å². The Balaban J connectivity index is 1.49. The molecule has 0 saturated heterocycles. The van der Waals surface area contributed by atoms with E-state index in [0.717, 1.165) is 10.6 Å². The Morgan fingerprint density at radius 2 is 1.81 bits per heavy atom. The number of imide groups is 1. The summed E-state index contributed by atoms with van der Waals surface area (Å²) in [6.07, 6.45) is 0. The number of anilines is 2. The Kier molecular flexibility index (Phi) is 4.00. The van der Waals surface area contributed by atoms with Crippen LogP contribution >= 0.6 is 0 Å². The Morgan fingerprint density at radius 3 is 2.65 bits per heavy atom. The zero-order valence-electron chi connectivity index (χ0n) is 15.8. The third-order valence-electron chi connectivity index (χ3n) is 4.95. The maximum atomic E-state index is 12.7. The number of benzene rings is 2. The van der Waals surface area contributed by atoms with Crippen LogP contribution in [0.4, 0.5) is 11.5 Å². The minimum atomic E-state index is -0.678. The van der Waals surface area contributed by atoms with Crippen LogP contribution in [0.2, 0.25) is 0 Å². The van der Waals surface area contributed by atoms with E-state index in [1.807, 2.05) is 0 Å². The smallest absolute Gasteiger partial charge is 0.262 e. The molecule has 2 aliphatic heterocycles. The monoisotopic (exact) mass is 418 g/mol. The first-order valence-electron chi connectivity index (χ1n) is 9.15. The van der Waals surface area contributed by atoms with Crippen molar-refractivity contribution < 1.29 is 23.9 Å². The van der Waals surface area contributed by atoms with E-state index in [1.54, 1.807) is 36.4 Å². The summed E-state index contributed by atoms with van der Waals surface area (Å²) in [5.41, 5.74) is 6.33. The van der Waals surface area contributed by atoms with Gasteiger partial charge in [-0.15, -0.1) is 0 Å². The molecule has 0 spiro atoms. The van der Waals surface area contributed by atoms with E-state index in [1.165, 1.54) is 6.07 Å². The third-order valence-corrected chi connectivity index (χ3v) is 4.95. The molecular weight excluding hydrogens is 404 g/mol. The molecule has 0 unspecified atom stereocenters. The molecule has 0 saturated carbocycles. The Labute approximate surface area is 174 Å². The fourth-order valence-electron chi connectivity index (χ4n) is 3.51. The van der Waals surface area contributed by atoms with Gasteiger partial charge in [-0.2, -0.15) is 0 Å². The van der Waals surface area contributed by atoms with Gasteiger partial charge < -0.3 is 20.5 Å². The lowest BCUT2D eigenvalue weighted by molar-refractivity contribution is 0.0879. The number of nitrogens with zero attached hydrogens (tertiary/aromatic N) is 1. The first kappa shape index (κ1) is 18.4. The Morgan fingerprint density at radius 1 is 1.00 bits per heavy atom. The van der Waals surface area contributed by atoms with E-state index in [0.29, 0.717) is 17.2 Å². The fraction of sp³-hybridized carbons (Fsp3) is 0.0476. The summed E-state index contributed by atoms with van der Waals surface area (Å²) in [6, 6.07) is 12.2. The zero-order chi connectivity index (χ0) is 21.7. The number of hydrogen-bond donors (Lipinski definition) is 3. The molecule has 1 aromatic heterocycles. The third kappa shape index (κ3) is 2.97. The van der Waals surface area contributed by atoms with E-state index in [9.17, 15) is 19.2 Å². The largest absolute Gasteiger partial charge is 0.454 e. The molecule has 5 rings (SSSR count). The highest BCUT2D eigenvalue weighted by Gasteiger charge is 2.31. The first-order valence-corrected chi connectivity index (χ1v) is 9.15. The number of fused-ring (bicyclic) bond motifs is 2. The lowest BCUT2D eigenvalue weighted by Gasteiger charge is -2.13. The van der Waals surface area contributed by atoms with Crippen LogP contribution < -0.4 is 31.4 Å². The molecule has 31 heavy (non-hydrogen) atoms. The van der Waals surface area contributed by atoms with Crippen molar-refractivity contribution in [2.24, 2.45) is 0 Å². The number of pyridine rings is 1. The highest BCUT2D eigenvalue weighted by molar-refractivity contribution is 6.23. The van der Waals surface area contributed by atoms with Crippen molar-refractivity contribution in [2.45, 2.75) is 0 Å². The van der Waals surface area contributed by atoms with E-state index in [4.69, 9.17) is 15.2 Å². The van der Waals surface area contributed by atoms with Crippen LogP contribution in [0.3, 0.4) is 0 Å². The summed E-state index contributed by atoms with van der Waals surface area (Å²) < 4.78 is 11.6. The van der Waals surface area contributed by atoms with Gasteiger partial charge in [0.15, 0.2) is 11.5 Å². The van der Waals surface area contributed by atoms with Crippen molar-refractivity contribution in [1.82, 2.24) is 9.88 Å². The second kappa shape index (κ2) is 6.73. The van der Waals surface area contributed by atoms with Gasteiger partial charge in [0.25, 0.3) is 23.3 Å². The van der Waals surface area contributed by atoms with Crippen LogP contribution in [0.25, 0.3) is 5.69 Å². The van der Waals surface area contributed by atoms with Crippen LogP contribution in [0.15, 0.2) is 53.3 Å². The summed E-state index contributed by atoms with van der Waals surface area (Å²) >= 11 is 0. The molecule has 0 aliphatic carbocycles. The number of nitrogen functional groups attached to an aromatic ring is 1. The van der Waals surface area contributed by atoms with Gasteiger partial charge >= 0.3 is 0 Å². The summed E-state index contributed by atoms with van der Waals surface area (Å²) in [5.74, 6) is -0.845. The molecule has 0 radical (unpaired) electrons. The van der Waals surface area contributed by atoms with Crippen molar-refractivity contribution in [2.75, 3.05) is 17.8 Å². The quantitative estimate of drug-likeness (QED) is 0.544. The summed E-state index contributed by atoms with van der Waals surface area (Å²) in [6.45, 7) is 0.120. The number of hydrogen-bond acceptors (Lipinski definition) is 7. The Bertz CT molecular complexity index is 1360.